The third kappa shape index (κ3) is 8.32. The highest BCUT2D eigenvalue weighted by atomic mass is 32.1. The van der Waals surface area contributed by atoms with E-state index in [0.717, 1.165) is 16.5 Å². The molecule has 2 aromatic carbocycles. The molecule has 0 aliphatic heterocycles. The van der Waals surface area contributed by atoms with E-state index in [2.05, 4.69) is 33.6 Å². The number of hydrogen-bond acceptors (Lipinski definition) is 7. The molecule has 0 aliphatic carbocycles. The molecule has 13 heteroatoms. The molecular formula is C27H31N5O7S. The minimum absolute atomic E-state index is 0.0538. The van der Waals surface area contributed by atoms with Gasteiger partial charge in [-0.3, -0.25) is 19.2 Å². The van der Waals surface area contributed by atoms with Gasteiger partial charge in [-0.05, 0) is 23.6 Å². The number of carbonyl (C=O) groups is 5. The van der Waals surface area contributed by atoms with Crippen LogP contribution in [0.1, 0.15) is 17.5 Å². The molecule has 12 nitrogen and oxygen atoms in total. The number of hydrogen-bond donors (Lipinski definition) is 8. The number of carboxylic acids is 2. The van der Waals surface area contributed by atoms with Gasteiger partial charge in [-0.15, -0.1) is 0 Å². The van der Waals surface area contributed by atoms with E-state index in [4.69, 9.17) is 10.8 Å². The lowest BCUT2D eigenvalue weighted by atomic mass is 10.0. The van der Waals surface area contributed by atoms with E-state index >= 15 is 0 Å². The van der Waals surface area contributed by atoms with Crippen molar-refractivity contribution in [1.82, 2.24) is 20.9 Å². The molecule has 0 bridgehead atoms. The summed E-state index contributed by atoms with van der Waals surface area (Å²) >= 11 is 4.16. The zero-order valence-electron chi connectivity index (χ0n) is 21.4. The first-order valence-electron chi connectivity index (χ1n) is 12.4. The van der Waals surface area contributed by atoms with Crippen molar-refractivity contribution < 1.29 is 34.2 Å². The molecule has 3 aromatic rings. The Kier molecular flexibility index (Phi) is 10.7. The Hall–Kier alpha value is -4.36. The van der Waals surface area contributed by atoms with E-state index in [1.807, 2.05) is 48.5 Å². The van der Waals surface area contributed by atoms with Gasteiger partial charge >= 0.3 is 11.9 Å². The number of aromatic nitrogens is 1. The number of benzene rings is 2. The molecule has 4 atom stereocenters. The Morgan fingerprint density at radius 1 is 0.800 bits per heavy atom. The van der Waals surface area contributed by atoms with E-state index in [9.17, 15) is 29.1 Å². The number of carboxylic acid groups (broad SMARTS) is 2. The molecule has 1 aromatic heterocycles. The first kappa shape index (κ1) is 30.2. The van der Waals surface area contributed by atoms with Gasteiger partial charge in [0.1, 0.15) is 18.1 Å². The maximum Gasteiger partial charge on any atom is 0.326 e. The summed E-state index contributed by atoms with van der Waals surface area (Å²) in [5, 5.41) is 26.5. The van der Waals surface area contributed by atoms with Gasteiger partial charge in [0.15, 0.2) is 0 Å². The predicted molar refractivity (Wildman–Crippen MR) is 150 cm³/mol. The van der Waals surface area contributed by atoms with Gasteiger partial charge in [0.2, 0.25) is 17.7 Å². The highest BCUT2D eigenvalue weighted by Gasteiger charge is 2.31. The molecule has 3 amide bonds. The molecule has 8 N–H and O–H groups in total. The van der Waals surface area contributed by atoms with Crippen LogP contribution in [0, 0.1) is 0 Å². The lowest BCUT2D eigenvalue weighted by Gasteiger charge is -2.24. The van der Waals surface area contributed by atoms with Gasteiger partial charge in [0, 0.05) is 29.3 Å². The topological polar surface area (TPSA) is 204 Å². The summed E-state index contributed by atoms with van der Waals surface area (Å²) in [5.41, 5.74) is 8.30. The van der Waals surface area contributed by atoms with E-state index in [1.165, 1.54) is 0 Å². The fourth-order valence-corrected chi connectivity index (χ4v) is 4.34. The van der Waals surface area contributed by atoms with Crippen molar-refractivity contribution in [2.45, 2.75) is 43.4 Å². The molecule has 40 heavy (non-hydrogen) atoms. The maximum absolute atomic E-state index is 13.2. The summed E-state index contributed by atoms with van der Waals surface area (Å²) in [7, 11) is 0. The zero-order valence-corrected chi connectivity index (χ0v) is 22.3. The molecule has 0 spiro atoms. The Labute approximate surface area is 235 Å². The van der Waals surface area contributed by atoms with Crippen LogP contribution in [0.15, 0.2) is 60.8 Å². The monoisotopic (exact) mass is 569 g/mol. The molecule has 3 rings (SSSR count). The predicted octanol–water partition coefficient (Wildman–Crippen LogP) is 0.224. The number of amides is 3. The smallest absolute Gasteiger partial charge is 0.326 e. The quantitative estimate of drug-likeness (QED) is 0.126. The fraction of sp³-hybridized carbons (Fsp3) is 0.296. The Morgan fingerprint density at radius 3 is 2.05 bits per heavy atom. The number of H-pyrrole nitrogens is 1. The lowest BCUT2D eigenvalue weighted by Crippen LogP contribution is -2.58. The van der Waals surface area contributed by atoms with E-state index in [1.54, 1.807) is 12.3 Å². The second kappa shape index (κ2) is 14.1. The fourth-order valence-electron chi connectivity index (χ4n) is 4.08. The molecule has 0 radical (unpaired) electrons. The van der Waals surface area contributed by atoms with Crippen LogP contribution in [-0.2, 0) is 36.8 Å². The van der Waals surface area contributed by atoms with Crippen molar-refractivity contribution in [3.63, 3.8) is 0 Å². The summed E-state index contributed by atoms with van der Waals surface area (Å²) < 4.78 is 0. The van der Waals surface area contributed by atoms with Crippen LogP contribution < -0.4 is 21.7 Å². The summed E-state index contributed by atoms with van der Waals surface area (Å²) in [5.74, 6) is -5.33. The molecule has 4 unspecified atom stereocenters. The number of nitrogens with two attached hydrogens (primary N) is 1. The number of nitrogens with one attached hydrogen (secondary N) is 4. The van der Waals surface area contributed by atoms with Crippen LogP contribution in [0.2, 0.25) is 0 Å². The molecule has 1 heterocycles. The van der Waals surface area contributed by atoms with Gasteiger partial charge in [0.25, 0.3) is 0 Å². The normalized spacial score (nSPS) is 13.9. The minimum Gasteiger partial charge on any atom is -0.481 e. The molecule has 0 fully saturated rings. The van der Waals surface area contributed by atoms with Gasteiger partial charge in [-0.25, -0.2) is 4.79 Å². The Bertz CT molecular complexity index is 1360. The van der Waals surface area contributed by atoms with Crippen LogP contribution in [-0.4, -0.2) is 74.8 Å². The Morgan fingerprint density at radius 2 is 1.40 bits per heavy atom. The van der Waals surface area contributed by atoms with E-state index in [0.29, 0.717) is 5.56 Å². The minimum atomic E-state index is -1.72. The second-order valence-electron chi connectivity index (χ2n) is 9.16. The number of carbonyl (C=O) groups excluding carboxylic acids is 3. The second-order valence-corrected chi connectivity index (χ2v) is 9.53. The highest BCUT2D eigenvalue weighted by molar-refractivity contribution is 7.80. The van der Waals surface area contributed by atoms with Crippen molar-refractivity contribution in [2.75, 3.05) is 5.75 Å². The average Bonchev–Trinajstić information content (AvgIpc) is 3.33. The van der Waals surface area contributed by atoms with Gasteiger partial charge in [-0.1, -0.05) is 48.5 Å². The summed E-state index contributed by atoms with van der Waals surface area (Å²) in [6.45, 7) is 0. The third-order valence-electron chi connectivity index (χ3n) is 6.18. The summed E-state index contributed by atoms with van der Waals surface area (Å²) in [4.78, 5) is 64.8. The largest absolute Gasteiger partial charge is 0.481 e. The van der Waals surface area contributed by atoms with Gasteiger partial charge < -0.3 is 36.9 Å². The summed E-state index contributed by atoms with van der Waals surface area (Å²) in [6.07, 6.45) is 0.980. The SMILES string of the molecule is NC(Cc1ccccc1)C(=O)NC(CS)C(=O)NC(Cc1c[nH]c2ccccc12)C(=O)NC(CC(=O)O)C(=O)O. The van der Waals surface area contributed by atoms with Gasteiger partial charge in [-0.2, -0.15) is 12.6 Å². The van der Waals surface area contributed by atoms with Crippen molar-refractivity contribution in [1.29, 1.82) is 0 Å². The van der Waals surface area contributed by atoms with Crippen molar-refractivity contribution >= 4 is 53.2 Å². The van der Waals surface area contributed by atoms with Crippen molar-refractivity contribution in [3.8, 4) is 0 Å². The van der Waals surface area contributed by atoms with Crippen LogP contribution in [0.4, 0.5) is 0 Å². The number of thiol groups is 1. The zero-order chi connectivity index (χ0) is 29.2. The van der Waals surface area contributed by atoms with Crippen LogP contribution in [0.5, 0.6) is 0 Å². The molecule has 0 aliphatic rings. The van der Waals surface area contributed by atoms with Crippen molar-refractivity contribution in [2.24, 2.45) is 5.73 Å². The van der Waals surface area contributed by atoms with Crippen LogP contribution >= 0.6 is 12.6 Å². The number of aliphatic carboxylic acids is 2. The third-order valence-corrected chi connectivity index (χ3v) is 6.54. The molecule has 0 saturated carbocycles. The average molecular weight is 570 g/mol. The molecule has 0 saturated heterocycles. The number of aromatic amines is 1. The van der Waals surface area contributed by atoms with Gasteiger partial charge in [0.05, 0.1) is 12.5 Å². The van der Waals surface area contributed by atoms with Crippen LogP contribution in [0.25, 0.3) is 10.9 Å². The lowest BCUT2D eigenvalue weighted by molar-refractivity contribution is -0.147. The highest BCUT2D eigenvalue weighted by Crippen LogP contribution is 2.19. The Balaban J connectivity index is 1.77. The maximum atomic E-state index is 13.2. The standard InChI is InChI=1S/C27H31N5O7S/c28-18(10-15-6-2-1-3-7-15)24(35)32-22(14-40)26(37)30-20(25(36)31-21(27(38)39)12-23(33)34)11-16-13-29-19-9-5-4-8-17(16)19/h1-9,13,18,20-22,29,40H,10-12,14,28H2,(H,30,37)(H,31,36)(H,32,35)(H,33,34)(H,38,39). The van der Waals surface area contributed by atoms with E-state index in [-0.39, 0.29) is 18.6 Å². The number of fused-ring (bicyclic) bond motifs is 1. The van der Waals surface area contributed by atoms with Crippen molar-refractivity contribution in [3.05, 3.63) is 71.9 Å². The first-order valence-corrected chi connectivity index (χ1v) is 13.0. The van der Waals surface area contributed by atoms with Crippen LogP contribution in [0.3, 0.4) is 0 Å². The molecule has 212 valence electrons. The first-order chi connectivity index (χ1) is 19.1. The molecular weight excluding hydrogens is 538 g/mol. The number of para-hydroxylation sites is 1. The number of rotatable bonds is 14. The summed E-state index contributed by atoms with van der Waals surface area (Å²) in [6, 6.07) is 11.2. The van der Waals surface area contributed by atoms with E-state index < -0.39 is 60.2 Å².